The van der Waals surface area contributed by atoms with Gasteiger partial charge in [0.25, 0.3) is 0 Å². The van der Waals surface area contributed by atoms with Gasteiger partial charge >= 0.3 is 0 Å². The molecule has 0 fully saturated rings. The minimum absolute atomic E-state index is 0.218. The molecular formula is C9H5Cl4N3. The molecule has 16 heavy (non-hydrogen) atoms. The minimum atomic E-state index is 0.218. The first-order valence-electron chi connectivity index (χ1n) is 4.23. The SMILES string of the molecule is ClCc1nncn1-c1c(Cl)cc(Cl)cc1Cl. The number of nitrogens with zero attached hydrogens (tertiary/aromatic N) is 3. The van der Waals surface area contributed by atoms with Gasteiger partial charge in [-0.2, -0.15) is 0 Å². The molecule has 0 aliphatic rings. The summed E-state index contributed by atoms with van der Waals surface area (Å²) in [6.45, 7) is 0. The fourth-order valence-corrected chi connectivity index (χ4v) is 2.48. The molecule has 2 aromatic rings. The van der Waals surface area contributed by atoms with E-state index in [9.17, 15) is 0 Å². The smallest absolute Gasteiger partial charge is 0.152 e. The average molecular weight is 297 g/mol. The van der Waals surface area contributed by atoms with Crippen LogP contribution in [0.5, 0.6) is 0 Å². The van der Waals surface area contributed by atoms with Crippen molar-refractivity contribution in [3.8, 4) is 5.69 Å². The van der Waals surface area contributed by atoms with E-state index in [-0.39, 0.29) is 5.88 Å². The molecule has 1 aromatic carbocycles. The third-order valence-corrected chi connectivity index (χ3v) is 2.99. The quantitative estimate of drug-likeness (QED) is 0.785. The fourth-order valence-electron chi connectivity index (χ4n) is 1.30. The van der Waals surface area contributed by atoms with Crippen LogP contribution in [0.25, 0.3) is 5.69 Å². The molecule has 0 bridgehead atoms. The number of hydrogen-bond donors (Lipinski definition) is 0. The Balaban J connectivity index is 2.64. The van der Waals surface area contributed by atoms with Gasteiger partial charge in [0, 0.05) is 5.02 Å². The maximum atomic E-state index is 6.07. The summed E-state index contributed by atoms with van der Waals surface area (Å²) in [5, 5.41) is 8.91. The van der Waals surface area contributed by atoms with Crippen LogP contribution < -0.4 is 0 Å². The van der Waals surface area contributed by atoms with Gasteiger partial charge in [-0.05, 0) is 12.1 Å². The summed E-state index contributed by atoms with van der Waals surface area (Å²) in [5.74, 6) is 0.780. The summed E-state index contributed by atoms with van der Waals surface area (Å²) >= 11 is 23.7. The number of benzene rings is 1. The predicted molar refractivity (Wildman–Crippen MR) is 65.9 cm³/mol. The molecule has 1 heterocycles. The van der Waals surface area contributed by atoms with Crippen molar-refractivity contribution in [3.63, 3.8) is 0 Å². The van der Waals surface area contributed by atoms with Crippen LogP contribution in [0.2, 0.25) is 15.1 Å². The van der Waals surface area contributed by atoms with Gasteiger partial charge in [0.05, 0.1) is 21.6 Å². The number of rotatable bonds is 2. The van der Waals surface area contributed by atoms with Crippen LogP contribution in [0.15, 0.2) is 18.5 Å². The summed E-state index contributed by atoms with van der Waals surface area (Å²) in [5.41, 5.74) is 0.577. The van der Waals surface area contributed by atoms with Crippen molar-refractivity contribution < 1.29 is 0 Å². The largest absolute Gasteiger partial charge is 0.282 e. The van der Waals surface area contributed by atoms with Crippen LogP contribution in [0.1, 0.15) is 5.82 Å². The molecular weight excluding hydrogens is 292 g/mol. The van der Waals surface area contributed by atoms with E-state index in [4.69, 9.17) is 46.4 Å². The Morgan fingerprint density at radius 1 is 1.12 bits per heavy atom. The van der Waals surface area contributed by atoms with E-state index >= 15 is 0 Å². The number of halogens is 4. The monoisotopic (exact) mass is 295 g/mol. The van der Waals surface area contributed by atoms with Crippen molar-refractivity contribution >= 4 is 46.4 Å². The van der Waals surface area contributed by atoms with Crippen LogP contribution in [0.4, 0.5) is 0 Å². The lowest BCUT2D eigenvalue weighted by Crippen LogP contribution is -2.00. The Bertz CT molecular complexity index is 500. The van der Waals surface area contributed by atoms with Gasteiger partial charge in [0.1, 0.15) is 6.33 Å². The zero-order chi connectivity index (χ0) is 11.7. The lowest BCUT2D eigenvalue weighted by Gasteiger charge is -2.09. The first kappa shape index (κ1) is 12.0. The average Bonchev–Trinajstić information content (AvgIpc) is 2.64. The number of aromatic nitrogens is 3. The van der Waals surface area contributed by atoms with Gasteiger partial charge in [-0.1, -0.05) is 34.8 Å². The van der Waals surface area contributed by atoms with Gasteiger partial charge in [-0.25, -0.2) is 0 Å². The highest BCUT2D eigenvalue weighted by atomic mass is 35.5. The van der Waals surface area contributed by atoms with Crippen LogP contribution in [-0.2, 0) is 5.88 Å². The highest BCUT2D eigenvalue weighted by molar-refractivity contribution is 6.40. The van der Waals surface area contributed by atoms with E-state index < -0.39 is 0 Å². The standard InChI is InChI=1S/C9H5Cl4N3/c10-3-8-15-14-4-16(8)9-6(12)1-5(11)2-7(9)13/h1-2,4H,3H2. The molecule has 3 nitrogen and oxygen atoms in total. The highest BCUT2D eigenvalue weighted by Gasteiger charge is 2.13. The summed E-state index contributed by atoms with van der Waals surface area (Å²) in [6, 6.07) is 3.20. The van der Waals surface area contributed by atoms with Gasteiger partial charge < -0.3 is 0 Å². The van der Waals surface area contributed by atoms with Gasteiger partial charge in [-0.15, -0.1) is 21.8 Å². The maximum absolute atomic E-state index is 6.07. The topological polar surface area (TPSA) is 30.7 Å². The molecule has 7 heteroatoms. The molecule has 1 aromatic heterocycles. The molecule has 0 atom stereocenters. The Morgan fingerprint density at radius 3 is 2.31 bits per heavy atom. The molecule has 84 valence electrons. The lowest BCUT2D eigenvalue weighted by atomic mass is 10.3. The summed E-state index contributed by atoms with van der Waals surface area (Å²) in [4.78, 5) is 0. The number of hydrogen-bond acceptors (Lipinski definition) is 2. The van der Waals surface area contributed by atoms with E-state index in [0.717, 1.165) is 0 Å². The number of alkyl halides is 1. The van der Waals surface area contributed by atoms with Crippen LogP contribution >= 0.6 is 46.4 Å². The summed E-state index contributed by atoms with van der Waals surface area (Å²) < 4.78 is 1.63. The molecule has 0 aliphatic heterocycles. The second kappa shape index (κ2) is 4.80. The second-order valence-corrected chi connectivity index (χ2v) is 4.49. The molecule has 0 N–H and O–H groups in total. The van der Waals surface area contributed by atoms with Crippen LogP contribution in [-0.4, -0.2) is 14.8 Å². The first-order chi connectivity index (χ1) is 7.63. The third kappa shape index (κ3) is 2.13. The van der Waals surface area contributed by atoms with Crippen molar-refractivity contribution in [3.05, 3.63) is 39.4 Å². The Morgan fingerprint density at radius 2 is 1.75 bits per heavy atom. The lowest BCUT2D eigenvalue weighted by molar-refractivity contribution is 0.951. The van der Waals surface area contributed by atoms with E-state index in [1.807, 2.05) is 0 Å². The van der Waals surface area contributed by atoms with Crippen molar-refractivity contribution in [2.45, 2.75) is 5.88 Å². The van der Waals surface area contributed by atoms with E-state index in [0.29, 0.717) is 26.6 Å². The Labute approximate surface area is 112 Å². The normalized spacial score (nSPS) is 10.8. The molecule has 0 amide bonds. The predicted octanol–water partition coefficient (Wildman–Crippen LogP) is 3.97. The van der Waals surface area contributed by atoms with E-state index in [1.54, 1.807) is 16.7 Å². The molecule has 0 aliphatic carbocycles. The van der Waals surface area contributed by atoms with Crippen molar-refractivity contribution in [2.75, 3.05) is 0 Å². The minimum Gasteiger partial charge on any atom is -0.282 e. The Hall–Kier alpha value is -0.480. The second-order valence-electron chi connectivity index (χ2n) is 2.97. The maximum Gasteiger partial charge on any atom is 0.152 e. The van der Waals surface area contributed by atoms with Crippen molar-refractivity contribution in [1.29, 1.82) is 0 Å². The van der Waals surface area contributed by atoms with E-state index in [2.05, 4.69) is 10.2 Å². The fraction of sp³-hybridized carbons (Fsp3) is 0.111. The molecule has 0 unspecified atom stereocenters. The van der Waals surface area contributed by atoms with Gasteiger partial charge in [0.2, 0.25) is 0 Å². The van der Waals surface area contributed by atoms with Crippen LogP contribution in [0.3, 0.4) is 0 Å². The molecule has 0 saturated carbocycles. The van der Waals surface area contributed by atoms with E-state index in [1.165, 1.54) is 6.33 Å². The molecule has 0 spiro atoms. The molecule has 0 radical (unpaired) electrons. The Kier molecular flexibility index (Phi) is 3.60. The zero-order valence-corrected chi connectivity index (χ0v) is 10.8. The molecule has 2 rings (SSSR count). The van der Waals surface area contributed by atoms with Gasteiger partial charge in [-0.3, -0.25) is 4.57 Å². The highest BCUT2D eigenvalue weighted by Crippen LogP contribution is 2.32. The van der Waals surface area contributed by atoms with Crippen molar-refractivity contribution in [1.82, 2.24) is 14.8 Å². The summed E-state index contributed by atoms with van der Waals surface area (Å²) in [7, 11) is 0. The summed E-state index contributed by atoms with van der Waals surface area (Å²) in [6.07, 6.45) is 1.50. The first-order valence-corrected chi connectivity index (χ1v) is 5.90. The van der Waals surface area contributed by atoms with Crippen LogP contribution in [0, 0.1) is 0 Å². The third-order valence-electron chi connectivity index (χ3n) is 1.96. The molecule has 0 saturated heterocycles. The zero-order valence-electron chi connectivity index (χ0n) is 7.79. The van der Waals surface area contributed by atoms with Crippen molar-refractivity contribution in [2.24, 2.45) is 0 Å². The van der Waals surface area contributed by atoms with Gasteiger partial charge in [0.15, 0.2) is 5.82 Å².